The first-order chi connectivity index (χ1) is 18.1. The van der Waals surface area contributed by atoms with E-state index in [0.717, 1.165) is 40.6 Å². The molecule has 4 N–H and O–H groups in total. The maximum absolute atomic E-state index is 13.9. The lowest BCUT2D eigenvalue weighted by atomic mass is 9.94. The van der Waals surface area contributed by atoms with Crippen molar-refractivity contribution in [2.45, 2.75) is 31.4 Å². The predicted octanol–water partition coefficient (Wildman–Crippen LogP) is 4.42. The van der Waals surface area contributed by atoms with Crippen molar-refractivity contribution >= 4 is 28.3 Å². The third kappa shape index (κ3) is 4.05. The van der Waals surface area contributed by atoms with Gasteiger partial charge in [-0.3, -0.25) is 15.1 Å². The molecule has 1 aromatic carbocycles. The van der Waals surface area contributed by atoms with Gasteiger partial charge in [0.25, 0.3) is 0 Å². The van der Waals surface area contributed by atoms with Crippen molar-refractivity contribution in [3.05, 3.63) is 72.2 Å². The molecule has 9 nitrogen and oxygen atoms in total. The number of aromatic nitrogens is 6. The molecule has 5 heterocycles. The van der Waals surface area contributed by atoms with Crippen LogP contribution in [0.1, 0.15) is 30.7 Å². The molecule has 5 aromatic rings. The van der Waals surface area contributed by atoms with Crippen LogP contribution < -0.4 is 5.32 Å². The third-order valence-corrected chi connectivity index (χ3v) is 6.96. The molecule has 184 valence electrons. The number of fused-ring (bicyclic) bond motifs is 2. The first kappa shape index (κ1) is 21.8. The summed E-state index contributed by atoms with van der Waals surface area (Å²) in [5.41, 5.74) is 6.05. The van der Waals surface area contributed by atoms with Gasteiger partial charge in [-0.2, -0.15) is 5.10 Å². The van der Waals surface area contributed by atoms with E-state index in [2.05, 4.69) is 41.5 Å². The fraction of sp³-hybridized carbons (Fsp3) is 0.222. The van der Waals surface area contributed by atoms with Gasteiger partial charge in [-0.1, -0.05) is 12.1 Å². The topological polar surface area (TPSA) is 128 Å². The molecule has 1 aliphatic carbocycles. The minimum Gasteiger partial charge on any atom is -0.374 e. The molecule has 4 aromatic heterocycles. The first-order valence-corrected chi connectivity index (χ1v) is 12.2. The van der Waals surface area contributed by atoms with Crippen LogP contribution in [0, 0.1) is 11.7 Å². The Bertz CT molecular complexity index is 1700. The number of rotatable bonds is 6. The third-order valence-electron chi connectivity index (χ3n) is 6.96. The van der Waals surface area contributed by atoms with E-state index in [9.17, 15) is 9.50 Å². The highest BCUT2D eigenvalue weighted by atomic mass is 19.1. The molecule has 1 unspecified atom stereocenters. The zero-order chi connectivity index (χ0) is 24.9. The number of aliphatic hydroxyl groups excluding tert-OH is 1. The number of nitrogens with zero attached hydrogens (tertiary/aromatic N) is 5. The lowest BCUT2D eigenvalue weighted by Crippen LogP contribution is -2.31. The van der Waals surface area contributed by atoms with Gasteiger partial charge in [0.1, 0.15) is 17.7 Å². The van der Waals surface area contributed by atoms with Crippen LogP contribution >= 0.6 is 0 Å². The quantitative estimate of drug-likeness (QED) is 0.259. The number of aliphatic hydroxyl groups is 1. The molecule has 0 spiro atoms. The van der Waals surface area contributed by atoms with E-state index in [-0.39, 0.29) is 11.7 Å². The Kier molecular flexibility index (Phi) is 5.07. The van der Waals surface area contributed by atoms with Crippen LogP contribution in [0.2, 0.25) is 0 Å². The molecule has 37 heavy (non-hydrogen) atoms. The fourth-order valence-electron chi connectivity index (χ4n) is 4.82. The smallest absolute Gasteiger partial charge is 0.181 e. The van der Waals surface area contributed by atoms with Crippen molar-refractivity contribution in [3.8, 4) is 22.6 Å². The molecular weight excluding hydrogens is 471 g/mol. The maximum atomic E-state index is 13.9. The van der Waals surface area contributed by atoms with Gasteiger partial charge < -0.3 is 15.4 Å². The number of imidazole rings is 1. The summed E-state index contributed by atoms with van der Waals surface area (Å²) in [6, 6.07) is 8.44. The van der Waals surface area contributed by atoms with Gasteiger partial charge in [-0.25, -0.2) is 14.4 Å². The molecule has 1 saturated carbocycles. The van der Waals surface area contributed by atoms with Crippen molar-refractivity contribution < 1.29 is 9.50 Å². The highest BCUT2D eigenvalue weighted by molar-refractivity contribution is 5.96. The van der Waals surface area contributed by atoms with Crippen LogP contribution in [0.4, 0.5) is 4.39 Å². The molecule has 7 rings (SSSR count). The first-order valence-electron chi connectivity index (χ1n) is 12.2. The lowest BCUT2D eigenvalue weighted by Gasteiger charge is -2.22. The molecular formula is C27H23FN8O. The number of nitrogens with one attached hydrogen (secondary N) is 3. The summed E-state index contributed by atoms with van der Waals surface area (Å²) in [7, 11) is 0. The van der Waals surface area contributed by atoms with Gasteiger partial charge in [0.05, 0.1) is 22.6 Å². The number of aromatic amines is 2. The molecule has 0 amide bonds. The lowest BCUT2D eigenvalue weighted by molar-refractivity contribution is 0.124. The summed E-state index contributed by atoms with van der Waals surface area (Å²) >= 11 is 0. The van der Waals surface area contributed by atoms with Crippen LogP contribution in [0.25, 0.3) is 44.7 Å². The molecule has 0 radical (unpaired) electrons. The zero-order valence-corrected chi connectivity index (χ0v) is 19.7. The number of benzene rings is 1. The van der Waals surface area contributed by atoms with Crippen LogP contribution in [0.5, 0.6) is 0 Å². The van der Waals surface area contributed by atoms with Crippen LogP contribution in [-0.4, -0.2) is 47.7 Å². The fourth-order valence-corrected chi connectivity index (χ4v) is 4.82. The SMILES string of the molecule is O[C@H](NC1=CN=CC(c2cnc3n[nH]c(-c4nc5c(-c6cccc(F)c6)cncc5[nH]4)c3c2)C1)C1CC1. The molecule has 10 heteroatoms. The minimum atomic E-state index is -0.527. The minimum absolute atomic E-state index is 0.0120. The average Bonchev–Trinajstić information content (AvgIpc) is 3.55. The van der Waals surface area contributed by atoms with Gasteiger partial charge in [-0.15, -0.1) is 0 Å². The second-order valence-electron chi connectivity index (χ2n) is 9.61. The molecule has 0 saturated heterocycles. The number of pyridine rings is 2. The Morgan fingerprint density at radius 2 is 2.05 bits per heavy atom. The summed E-state index contributed by atoms with van der Waals surface area (Å²) in [4.78, 5) is 21.4. The second-order valence-corrected chi connectivity index (χ2v) is 9.61. The Morgan fingerprint density at radius 1 is 1.14 bits per heavy atom. The van der Waals surface area contributed by atoms with Gasteiger partial charge in [0.15, 0.2) is 11.5 Å². The summed E-state index contributed by atoms with van der Waals surface area (Å²) in [6.45, 7) is 0. The van der Waals surface area contributed by atoms with Crippen molar-refractivity contribution in [2.24, 2.45) is 10.9 Å². The Morgan fingerprint density at radius 3 is 2.92 bits per heavy atom. The van der Waals surface area contributed by atoms with Gasteiger partial charge in [-0.05, 0) is 42.2 Å². The Hall–Kier alpha value is -4.44. The van der Waals surface area contributed by atoms with Crippen LogP contribution in [-0.2, 0) is 0 Å². The Balaban J connectivity index is 1.23. The normalized spacial score (nSPS) is 18.3. The largest absolute Gasteiger partial charge is 0.374 e. The van der Waals surface area contributed by atoms with Crippen molar-refractivity contribution in [1.82, 2.24) is 35.5 Å². The maximum Gasteiger partial charge on any atom is 0.181 e. The van der Waals surface area contributed by atoms with E-state index in [4.69, 9.17) is 4.98 Å². The van der Waals surface area contributed by atoms with E-state index >= 15 is 0 Å². The van der Waals surface area contributed by atoms with Crippen molar-refractivity contribution in [1.29, 1.82) is 0 Å². The van der Waals surface area contributed by atoms with Crippen molar-refractivity contribution in [3.63, 3.8) is 0 Å². The Labute approximate surface area is 210 Å². The van der Waals surface area contributed by atoms with Crippen molar-refractivity contribution in [2.75, 3.05) is 0 Å². The molecule has 0 bridgehead atoms. The predicted molar refractivity (Wildman–Crippen MR) is 138 cm³/mol. The highest BCUT2D eigenvalue weighted by Gasteiger charge is 2.30. The van der Waals surface area contributed by atoms with E-state index in [1.54, 1.807) is 24.7 Å². The number of allylic oxidation sites excluding steroid dienone is 1. The van der Waals surface area contributed by atoms with Gasteiger partial charge >= 0.3 is 0 Å². The van der Waals surface area contributed by atoms with E-state index < -0.39 is 6.23 Å². The highest BCUT2D eigenvalue weighted by Crippen LogP contribution is 2.34. The molecule has 2 atom stereocenters. The van der Waals surface area contributed by atoms with E-state index in [0.29, 0.717) is 40.6 Å². The number of hydrogen-bond donors (Lipinski definition) is 4. The van der Waals surface area contributed by atoms with E-state index in [1.165, 1.54) is 12.1 Å². The van der Waals surface area contributed by atoms with Gasteiger partial charge in [0.2, 0.25) is 0 Å². The molecule has 2 aliphatic rings. The number of H-pyrrole nitrogens is 2. The number of halogens is 1. The monoisotopic (exact) mass is 494 g/mol. The molecule has 1 aliphatic heterocycles. The molecule has 1 fully saturated rings. The average molecular weight is 495 g/mol. The van der Waals surface area contributed by atoms with E-state index in [1.807, 2.05) is 18.5 Å². The summed E-state index contributed by atoms with van der Waals surface area (Å²) in [6.07, 6.45) is 11.2. The standard InChI is InChI=1S/C27H23FN8O/c28-18-3-1-2-15(6-18)21-12-30-13-22-23(21)34-26(33-22)24-20-8-17(10-31-25(20)36-35-24)16-7-19(11-29-9-16)32-27(37)14-4-5-14/h1-3,6,8-14,16,27,32,37H,4-5,7H2,(H,33,34)(H,31,35,36)/t16?,27-/m0/s1. The van der Waals surface area contributed by atoms with Gasteiger partial charge in [0, 0.05) is 54.3 Å². The number of hydrogen-bond acceptors (Lipinski definition) is 7. The summed E-state index contributed by atoms with van der Waals surface area (Å²) in [5.74, 6) is 0.620. The second kappa shape index (κ2) is 8.59. The van der Waals surface area contributed by atoms with Crippen LogP contribution in [0.15, 0.2) is 65.8 Å². The summed E-state index contributed by atoms with van der Waals surface area (Å²) in [5, 5.41) is 21.7. The zero-order valence-electron chi connectivity index (χ0n) is 19.7. The number of aliphatic imine (C=N–C) groups is 1. The summed E-state index contributed by atoms with van der Waals surface area (Å²) < 4.78 is 13.9. The van der Waals surface area contributed by atoms with Crippen LogP contribution in [0.3, 0.4) is 0 Å².